The lowest BCUT2D eigenvalue weighted by molar-refractivity contribution is 0.142. The third kappa shape index (κ3) is 1.75. The fraction of sp³-hybridized carbons (Fsp3) is 0.400. The zero-order chi connectivity index (χ0) is 9.97. The fourth-order valence-electron chi connectivity index (χ4n) is 1.26. The van der Waals surface area contributed by atoms with E-state index in [4.69, 9.17) is 4.84 Å². The highest BCUT2D eigenvalue weighted by Crippen LogP contribution is 2.17. The first-order valence-electron chi connectivity index (χ1n) is 4.67. The van der Waals surface area contributed by atoms with Gasteiger partial charge in [0.05, 0.1) is 6.04 Å². The van der Waals surface area contributed by atoms with Crippen LogP contribution in [0.3, 0.4) is 0 Å². The predicted molar refractivity (Wildman–Crippen MR) is 52.2 cm³/mol. The molecular weight excluding hydrogens is 178 g/mol. The predicted octanol–water partition coefficient (Wildman–Crippen LogP) is 1.69. The molecule has 0 bridgehead atoms. The van der Waals surface area contributed by atoms with E-state index >= 15 is 0 Å². The van der Waals surface area contributed by atoms with Gasteiger partial charge in [0.25, 0.3) is 0 Å². The molecule has 0 saturated heterocycles. The number of nitrogens with zero attached hydrogens (tertiary/aromatic N) is 2. The molecule has 0 aliphatic carbocycles. The monoisotopic (exact) mass is 191 g/mol. The van der Waals surface area contributed by atoms with Crippen molar-refractivity contribution in [2.45, 2.75) is 25.8 Å². The summed E-state index contributed by atoms with van der Waals surface area (Å²) in [7, 11) is 0. The van der Waals surface area contributed by atoms with E-state index in [0.717, 1.165) is 11.4 Å². The van der Waals surface area contributed by atoms with E-state index in [1.165, 1.54) is 0 Å². The Labute approximate surface area is 83.0 Å². The van der Waals surface area contributed by atoms with Crippen molar-refractivity contribution in [3.8, 4) is 0 Å². The lowest BCUT2D eigenvalue weighted by Crippen LogP contribution is -2.13. The molecule has 14 heavy (non-hydrogen) atoms. The summed E-state index contributed by atoms with van der Waals surface area (Å²) in [6, 6.07) is 0.0798. The Morgan fingerprint density at radius 3 is 2.57 bits per heavy atom. The van der Waals surface area contributed by atoms with Crippen LogP contribution in [0.15, 0.2) is 24.7 Å². The summed E-state index contributed by atoms with van der Waals surface area (Å²) in [4.78, 5) is 13.5. The molecule has 4 nitrogen and oxygen atoms in total. The molecule has 1 aliphatic rings. The van der Waals surface area contributed by atoms with Crippen LogP contribution < -0.4 is 5.48 Å². The van der Waals surface area contributed by atoms with Crippen LogP contribution in [0.1, 0.15) is 37.2 Å². The Morgan fingerprint density at radius 2 is 2.07 bits per heavy atom. The number of nitrogens with one attached hydrogen (secondary N) is 1. The Kier molecular flexibility index (Phi) is 2.45. The van der Waals surface area contributed by atoms with Crippen LogP contribution in [0.25, 0.3) is 0 Å². The maximum Gasteiger partial charge on any atom is 0.130 e. The highest BCUT2D eigenvalue weighted by atomic mass is 16.6. The molecule has 0 fully saturated rings. The van der Waals surface area contributed by atoms with Crippen molar-refractivity contribution < 1.29 is 4.84 Å². The molecule has 1 N–H and O–H groups in total. The molecule has 0 saturated carbocycles. The highest BCUT2D eigenvalue weighted by molar-refractivity contribution is 5.17. The van der Waals surface area contributed by atoms with Gasteiger partial charge in [0.2, 0.25) is 0 Å². The fourth-order valence-corrected chi connectivity index (χ4v) is 1.26. The first-order valence-corrected chi connectivity index (χ1v) is 4.67. The van der Waals surface area contributed by atoms with Crippen molar-refractivity contribution in [2.75, 3.05) is 0 Å². The van der Waals surface area contributed by atoms with Gasteiger partial charge in [0.1, 0.15) is 12.1 Å². The third-order valence-electron chi connectivity index (χ3n) is 2.10. The van der Waals surface area contributed by atoms with Gasteiger partial charge in [-0.05, 0) is 6.08 Å². The molecule has 1 aromatic heterocycles. The molecule has 0 radical (unpaired) electrons. The summed E-state index contributed by atoms with van der Waals surface area (Å²) < 4.78 is 0. The molecular formula is C10H13N3O. The van der Waals surface area contributed by atoms with Crippen molar-refractivity contribution in [1.29, 1.82) is 0 Å². The van der Waals surface area contributed by atoms with Crippen LogP contribution in [0.2, 0.25) is 0 Å². The van der Waals surface area contributed by atoms with Gasteiger partial charge >= 0.3 is 0 Å². The Hall–Kier alpha value is -1.42. The van der Waals surface area contributed by atoms with Crippen LogP contribution in [-0.4, -0.2) is 9.97 Å². The Balaban J connectivity index is 2.17. The second-order valence-corrected chi connectivity index (χ2v) is 3.57. The second-order valence-electron chi connectivity index (χ2n) is 3.57. The largest absolute Gasteiger partial charge is 0.416 e. The zero-order valence-corrected chi connectivity index (χ0v) is 8.27. The average molecular weight is 191 g/mol. The molecule has 2 heterocycles. The minimum Gasteiger partial charge on any atom is -0.416 e. The first kappa shape index (κ1) is 9.15. The normalized spacial score (nSPS) is 20.1. The summed E-state index contributed by atoms with van der Waals surface area (Å²) in [5, 5.41) is 0. The smallest absolute Gasteiger partial charge is 0.130 e. The van der Waals surface area contributed by atoms with Gasteiger partial charge < -0.3 is 4.84 Å². The number of rotatable bonds is 2. The summed E-state index contributed by atoms with van der Waals surface area (Å²) >= 11 is 0. The standard InChI is InChI=1S/C10H13N3O/c1-7(2)10-11-5-8(6-12-10)9-3-4-14-13-9/h3-7,9,13H,1-2H3. The Bertz CT molecular complexity index is 332. The number of hydrogen-bond donors (Lipinski definition) is 1. The van der Waals surface area contributed by atoms with Crippen molar-refractivity contribution in [3.05, 3.63) is 36.1 Å². The van der Waals surface area contributed by atoms with Crippen molar-refractivity contribution in [3.63, 3.8) is 0 Å². The van der Waals surface area contributed by atoms with E-state index in [1.54, 1.807) is 6.26 Å². The van der Waals surface area contributed by atoms with Gasteiger partial charge in [-0.2, -0.15) is 0 Å². The third-order valence-corrected chi connectivity index (χ3v) is 2.10. The van der Waals surface area contributed by atoms with Crippen LogP contribution >= 0.6 is 0 Å². The summed E-state index contributed by atoms with van der Waals surface area (Å²) in [6.07, 6.45) is 7.22. The van der Waals surface area contributed by atoms with Gasteiger partial charge in [-0.15, -0.1) is 5.48 Å². The van der Waals surface area contributed by atoms with Gasteiger partial charge in [-0.1, -0.05) is 13.8 Å². The van der Waals surface area contributed by atoms with Crippen molar-refractivity contribution in [1.82, 2.24) is 15.4 Å². The van der Waals surface area contributed by atoms with E-state index in [0.29, 0.717) is 5.92 Å². The van der Waals surface area contributed by atoms with Gasteiger partial charge in [0, 0.05) is 23.9 Å². The van der Waals surface area contributed by atoms with E-state index in [-0.39, 0.29) is 6.04 Å². The summed E-state index contributed by atoms with van der Waals surface area (Å²) in [5.41, 5.74) is 3.85. The number of hydroxylamine groups is 1. The van der Waals surface area contributed by atoms with E-state index in [1.807, 2.05) is 18.5 Å². The van der Waals surface area contributed by atoms with Crippen LogP contribution in [0.5, 0.6) is 0 Å². The molecule has 4 heteroatoms. The average Bonchev–Trinajstić information content (AvgIpc) is 2.71. The minimum absolute atomic E-state index is 0.0798. The van der Waals surface area contributed by atoms with Crippen LogP contribution in [-0.2, 0) is 4.84 Å². The SMILES string of the molecule is CC(C)c1ncc(C2C=CON2)cn1. The maximum absolute atomic E-state index is 4.90. The quantitative estimate of drug-likeness (QED) is 0.772. The molecule has 1 aromatic rings. The number of hydrogen-bond acceptors (Lipinski definition) is 4. The van der Waals surface area contributed by atoms with Gasteiger partial charge in [-0.3, -0.25) is 0 Å². The van der Waals surface area contributed by atoms with Gasteiger partial charge in [-0.25, -0.2) is 9.97 Å². The lowest BCUT2D eigenvalue weighted by Gasteiger charge is -2.08. The zero-order valence-electron chi connectivity index (χ0n) is 8.27. The summed E-state index contributed by atoms with van der Waals surface area (Å²) in [5.74, 6) is 1.24. The highest BCUT2D eigenvalue weighted by Gasteiger charge is 2.13. The molecule has 74 valence electrons. The molecule has 0 amide bonds. The van der Waals surface area contributed by atoms with Crippen LogP contribution in [0, 0.1) is 0 Å². The molecule has 0 spiro atoms. The van der Waals surface area contributed by atoms with E-state index < -0.39 is 0 Å². The van der Waals surface area contributed by atoms with E-state index in [2.05, 4.69) is 29.3 Å². The summed E-state index contributed by atoms with van der Waals surface area (Å²) in [6.45, 7) is 4.15. The molecule has 1 atom stereocenters. The molecule has 1 unspecified atom stereocenters. The molecule has 0 aromatic carbocycles. The first-order chi connectivity index (χ1) is 6.77. The second kappa shape index (κ2) is 3.75. The van der Waals surface area contributed by atoms with Crippen molar-refractivity contribution >= 4 is 0 Å². The van der Waals surface area contributed by atoms with E-state index in [9.17, 15) is 0 Å². The number of aromatic nitrogens is 2. The lowest BCUT2D eigenvalue weighted by atomic mass is 10.1. The topological polar surface area (TPSA) is 47.0 Å². The molecule has 2 rings (SSSR count). The minimum atomic E-state index is 0.0798. The van der Waals surface area contributed by atoms with Crippen LogP contribution in [0.4, 0.5) is 0 Å². The van der Waals surface area contributed by atoms with Crippen molar-refractivity contribution in [2.24, 2.45) is 0 Å². The maximum atomic E-state index is 4.90. The molecule has 1 aliphatic heterocycles. The van der Waals surface area contributed by atoms with Gasteiger partial charge in [0.15, 0.2) is 0 Å². The Morgan fingerprint density at radius 1 is 1.36 bits per heavy atom.